The lowest BCUT2D eigenvalue weighted by Crippen LogP contribution is -2.34. The van der Waals surface area contributed by atoms with Crippen LogP contribution in [-0.4, -0.2) is 44.9 Å². The van der Waals surface area contributed by atoms with Crippen molar-refractivity contribution in [2.45, 2.75) is 184 Å². The smallest absolute Gasteiger partial charge is 0.261 e. The molecule has 2 aliphatic heterocycles. The van der Waals surface area contributed by atoms with Crippen LogP contribution in [0.4, 0.5) is 0 Å². The van der Waals surface area contributed by atoms with E-state index in [1.165, 1.54) is 0 Å². The number of unbranched alkanes of at least 4 members (excludes halogenated alkanes) is 2. The highest BCUT2D eigenvalue weighted by Crippen LogP contribution is 2.49. The molecular formula is C62H84N2O4. The molecule has 6 nitrogen and oxygen atoms in total. The van der Waals surface area contributed by atoms with Gasteiger partial charge in [-0.15, -0.1) is 0 Å². The average molecular weight is 921 g/mol. The van der Waals surface area contributed by atoms with Gasteiger partial charge in [0.05, 0.1) is 22.5 Å². The van der Waals surface area contributed by atoms with E-state index in [0.29, 0.717) is 47.1 Å². The van der Waals surface area contributed by atoms with E-state index >= 15 is 9.59 Å². The predicted octanol–water partition coefficient (Wildman–Crippen LogP) is 15.9. The Bertz CT molecular complexity index is 2300. The first-order valence-electron chi connectivity index (χ1n) is 25.9. The van der Waals surface area contributed by atoms with E-state index < -0.39 is 0 Å². The van der Waals surface area contributed by atoms with Crippen LogP contribution in [0.2, 0.25) is 0 Å². The summed E-state index contributed by atoms with van der Waals surface area (Å²) in [6.07, 6.45) is 8.23. The van der Waals surface area contributed by atoms with Crippen LogP contribution in [0.1, 0.15) is 196 Å². The van der Waals surface area contributed by atoms with Crippen LogP contribution in [0, 0.1) is 11.8 Å². The number of phenolic OH excluding ortho intramolecular Hbond substituents is 2. The molecule has 2 N–H and O–H groups in total. The maximum absolute atomic E-state index is 15.5. The number of fused-ring (bicyclic) bond motifs is 1. The highest BCUT2D eigenvalue weighted by molar-refractivity contribution is 6.30. The molecule has 0 radical (unpaired) electrons. The van der Waals surface area contributed by atoms with Crippen molar-refractivity contribution in [3.8, 4) is 33.8 Å². The highest BCUT2D eigenvalue weighted by atomic mass is 16.3. The van der Waals surface area contributed by atoms with Gasteiger partial charge in [-0.3, -0.25) is 9.59 Å². The van der Waals surface area contributed by atoms with Gasteiger partial charge in [0.25, 0.3) is 11.8 Å². The third-order valence-corrected chi connectivity index (χ3v) is 14.6. The molecule has 366 valence electrons. The van der Waals surface area contributed by atoms with Crippen molar-refractivity contribution >= 4 is 23.2 Å². The van der Waals surface area contributed by atoms with E-state index in [1.54, 1.807) is 0 Å². The van der Waals surface area contributed by atoms with E-state index in [-0.39, 0.29) is 45.3 Å². The Morgan fingerprint density at radius 2 is 0.691 bits per heavy atom. The number of carbonyl (C=O) groups is 2. The monoisotopic (exact) mass is 921 g/mol. The lowest BCUT2D eigenvalue weighted by molar-refractivity contribution is -0.124. The normalized spacial score (nSPS) is 15.8. The Labute approximate surface area is 411 Å². The largest absolute Gasteiger partial charge is 0.507 e. The fraction of sp³-hybridized carbons (Fsp3) is 0.516. The van der Waals surface area contributed by atoms with Crippen molar-refractivity contribution in [2.24, 2.45) is 11.8 Å². The molecule has 68 heavy (non-hydrogen) atoms. The summed E-state index contributed by atoms with van der Waals surface area (Å²) in [7, 11) is 0. The number of hydrogen-bond donors (Lipinski definition) is 2. The Morgan fingerprint density at radius 3 is 0.926 bits per heavy atom. The summed E-state index contributed by atoms with van der Waals surface area (Å²) in [6.45, 7) is 35.5. The summed E-state index contributed by atoms with van der Waals surface area (Å²) in [5.41, 5.74) is 10.7. The fourth-order valence-corrected chi connectivity index (χ4v) is 10.2. The summed E-state index contributed by atoms with van der Waals surface area (Å²) in [6, 6.07) is 25.2. The van der Waals surface area contributed by atoms with E-state index in [4.69, 9.17) is 0 Å². The minimum absolute atomic E-state index is 0.100. The molecule has 0 fully saturated rings. The topological polar surface area (TPSA) is 81.1 Å². The van der Waals surface area contributed by atoms with Crippen molar-refractivity contribution in [3.05, 3.63) is 117 Å². The molecule has 0 unspecified atom stereocenters. The van der Waals surface area contributed by atoms with Crippen LogP contribution in [0.15, 0.2) is 83.9 Å². The molecule has 0 saturated carbocycles. The van der Waals surface area contributed by atoms with Crippen LogP contribution >= 0.6 is 0 Å². The number of benzene rings is 4. The molecule has 6 heteroatoms. The van der Waals surface area contributed by atoms with Gasteiger partial charge in [-0.25, -0.2) is 0 Å². The predicted molar refractivity (Wildman–Crippen MR) is 286 cm³/mol. The quantitative estimate of drug-likeness (QED) is 0.117. The first-order chi connectivity index (χ1) is 31.8. The second-order valence-electron chi connectivity index (χ2n) is 24.1. The summed E-state index contributed by atoms with van der Waals surface area (Å²) in [4.78, 5) is 34.8. The molecule has 2 heterocycles. The van der Waals surface area contributed by atoms with Crippen LogP contribution in [0.5, 0.6) is 11.5 Å². The Kier molecular flexibility index (Phi) is 15.4. The van der Waals surface area contributed by atoms with Gasteiger partial charge in [0.2, 0.25) is 0 Å². The van der Waals surface area contributed by atoms with Gasteiger partial charge in [-0.05, 0) is 104 Å². The standard InChI is InChI=1S/C62H84N2O4/c1-17-21-23-39(19-3)37-63-53(43-29-25-41(26-30-43)45-33-47(59(5,6)7)55(65)48(34-45)60(8,9)10)51-52(57(63)67)54(64(58(51)68)38-40(20-4)24-22-18-2)44-31-27-42(28-32-44)46-35-49(61(11,12)13)56(66)50(36-46)62(14,15)16/h25-36,39-40,65-66H,17-24,37-38H2,1-16H3/t39-,40+. The molecule has 0 aromatic heterocycles. The van der Waals surface area contributed by atoms with E-state index in [9.17, 15) is 10.2 Å². The lowest BCUT2D eigenvalue weighted by atomic mass is 9.77. The van der Waals surface area contributed by atoms with Crippen molar-refractivity contribution in [1.82, 2.24) is 9.80 Å². The zero-order valence-corrected chi connectivity index (χ0v) is 44.8. The van der Waals surface area contributed by atoms with Crippen LogP contribution in [0.25, 0.3) is 33.6 Å². The number of rotatable bonds is 16. The maximum atomic E-state index is 15.5. The maximum Gasteiger partial charge on any atom is 0.261 e. The Balaban J connectivity index is 1.56. The highest BCUT2D eigenvalue weighted by Gasteiger charge is 2.49. The molecule has 4 aromatic carbocycles. The third-order valence-electron chi connectivity index (χ3n) is 14.6. The van der Waals surface area contributed by atoms with Crippen LogP contribution < -0.4 is 0 Å². The molecule has 0 saturated heterocycles. The van der Waals surface area contributed by atoms with Crippen molar-refractivity contribution in [1.29, 1.82) is 0 Å². The first kappa shape index (κ1) is 52.3. The summed E-state index contributed by atoms with van der Waals surface area (Å²) >= 11 is 0. The van der Waals surface area contributed by atoms with Crippen molar-refractivity contribution < 1.29 is 19.8 Å². The van der Waals surface area contributed by atoms with Gasteiger partial charge >= 0.3 is 0 Å². The number of amides is 2. The van der Waals surface area contributed by atoms with Gasteiger partial charge < -0.3 is 20.0 Å². The lowest BCUT2D eigenvalue weighted by Gasteiger charge is -2.30. The van der Waals surface area contributed by atoms with Crippen molar-refractivity contribution in [3.63, 3.8) is 0 Å². The molecule has 0 spiro atoms. The molecule has 2 atom stereocenters. The fourth-order valence-electron chi connectivity index (χ4n) is 10.2. The minimum atomic E-state index is -0.273. The van der Waals surface area contributed by atoms with Gasteiger partial charge in [0, 0.05) is 35.3 Å². The number of carbonyl (C=O) groups excluding carboxylic acids is 2. The number of aromatic hydroxyl groups is 2. The summed E-state index contributed by atoms with van der Waals surface area (Å²) in [5, 5.41) is 23.0. The third kappa shape index (κ3) is 10.7. The van der Waals surface area contributed by atoms with E-state index in [1.807, 2.05) is 9.80 Å². The number of hydrogen-bond acceptors (Lipinski definition) is 4. The van der Waals surface area contributed by atoms with Gasteiger partial charge in [-0.1, -0.05) is 198 Å². The van der Waals surface area contributed by atoms with Gasteiger partial charge in [-0.2, -0.15) is 0 Å². The molecule has 0 bridgehead atoms. The summed E-state index contributed by atoms with van der Waals surface area (Å²) < 4.78 is 0. The van der Waals surface area contributed by atoms with Crippen LogP contribution in [0.3, 0.4) is 0 Å². The molecule has 6 rings (SSSR count). The Morgan fingerprint density at radius 1 is 0.426 bits per heavy atom. The van der Waals surface area contributed by atoms with Crippen molar-refractivity contribution in [2.75, 3.05) is 13.1 Å². The number of nitrogens with zero attached hydrogens (tertiary/aromatic N) is 2. The van der Waals surface area contributed by atoms with Gasteiger partial charge in [0.1, 0.15) is 11.5 Å². The molecule has 2 aliphatic rings. The minimum Gasteiger partial charge on any atom is -0.507 e. The molecular weight excluding hydrogens is 837 g/mol. The van der Waals surface area contributed by atoms with E-state index in [2.05, 4.69) is 184 Å². The Hall–Kier alpha value is -5.10. The SMILES string of the molecule is CCCC[C@@H](CC)CN1C(=O)C2=C(c3ccc(-c4cc(C(C)(C)C)c(O)c(C(C)(C)C)c4)cc3)N(C[C@@H](CC)CCCC)C(=O)C2=C1c1ccc(-c2cc(C(C)(C)C)c(O)c(C(C)(C)C)c2)cc1. The number of phenols is 2. The zero-order chi connectivity index (χ0) is 50.3. The summed E-state index contributed by atoms with van der Waals surface area (Å²) in [5.74, 6) is 1.07. The van der Waals surface area contributed by atoms with E-state index in [0.717, 1.165) is 107 Å². The average Bonchev–Trinajstić information content (AvgIpc) is 3.70. The first-order valence-corrected chi connectivity index (χ1v) is 25.9. The van der Waals surface area contributed by atoms with Crippen LogP contribution in [-0.2, 0) is 31.2 Å². The molecule has 4 aromatic rings. The second-order valence-corrected chi connectivity index (χ2v) is 24.1. The second kappa shape index (κ2) is 20.1. The van der Waals surface area contributed by atoms with Gasteiger partial charge in [0.15, 0.2) is 0 Å². The molecule has 0 aliphatic carbocycles. The zero-order valence-electron chi connectivity index (χ0n) is 44.8. The molecule has 2 amide bonds.